The molecule has 0 aliphatic rings. The molecule has 0 aromatic heterocycles. The van der Waals surface area contributed by atoms with Crippen LogP contribution in [0.3, 0.4) is 0 Å². The molecule has 0 saturated heterocycles. The summed E-state index contributed by atoms with van der Waals surface area (Å²) in [5.41, 5.74) is 6.14. The van der Waals surface area contributed by atoms with Crippen molar-refractivity contribution >= 4 is 15.2 Å². The van der Waals surface area contributed by atoms with Gasteiger partial charge in [-0.3, -0.25) is 9.13 Å². The van der Waals surface area contributed by atoms with Gasteiger partial charge in [-0.05, 0) is 32.0 Å². The average Bonchev–Trinajstić information content (AvgIpc) is 2.33. The Hall–Kier alpha value is -0.720. The molecular weight excluding hydrogens is 320 g/mol. The summed E-state index contributed by atoms with van der Waals surface area (Å²) >= 11 is 0. The Balaban J connectivity index is 3.31. The summed E-state index contributed by atoms with van der Waals surface area (Å²) in [6.07, 6.45) is -0.575. The Morgan fingerprint density at radius 1 is 1.10 bits per heavy atom. The first-order valence-corrected chi connectivity index (χ1v) is 9.33. The lowest BCUT2D eigenvalue weighted by Crippen LogP contribution is -2.36. The van der Waals surface area contributed by atoms with Crippen LogP contribution in [0.4, 0.5) is 0 Å². The van der Waals surface area contributed by atoms with E-state index in [1.165, 1.54) is 12.1 Å². The smallest absolute Gasteiger partial charge is 0.381 e. The molecule has 1 aromatic rings. The van der Waals surface area contributed by atoms with Gasteiger partial charge in [-0.15, -0.1) is 0 Å². The predicted octanol–water partition coefficient (Wildman–Crippen LogP) is 1.12. The molecule has 21 heavy (non-hydrogen) atoms. The fourth-order valence-electron chi connectivity index (χ4n) is 1.76. The van der Waals surface area contributed by atoms with Crippen molar-refractivity contribution in [2.24, 2.45) is 5.73 Å². The summed E-state index contributed by atoms with van der Waals surface area (Å²) in [4.78, 5) is 37.8. The average molecular weight is 339 g/mol. The molecule has 0 spiro atoms. The normalized spacial score (nSPS) is 13.2. The summed E-state index contributed by atoms with van der Waals surface area (Å²) in [5, 5.41) is -2.92. The molecule has 0 heterocycles. The Labute approximate surface area is 122 Å². The van der Waals surface area contributed by atoms with E-state index in [0.717, 1.165) is 5.56 Å². The van der Waals surface area contributed by atoms with Gasteiger partial charge in [-0.2, -0.15) is 0 Å². The van der Waals surface area contributed by atoms with Crippen LogP contribution in [-0.4, -0.2) is 31.2 Å². The first kappa shape index (κ1) is 18.3. The largest absolute Gasteiger partial charge is 0.462 e. The van der Waals surface area contributed by atoms with Gasteiger partial charge in [0.2, 0.25) is 0 Å². The van der Waals surface area contributed by atoms with E-state index in [9.17, 15) is 28.7 Å². The highest BCUT2D eigenvalue weighted by Crippen LogP contribution is 2.71. The first-order valence-electron chi connectivity index (χ1n) is 6.10. The molecular formula is C11H19NO7P2. The van der Waals surface area contributed by atoms with E-state index >= 15 is 0 Å². The molecule has 10 heteroatoms. The minimum Gasteiger partial charge on any atom is -0.462 e. The van der Waals surface area contributed by atoms with Crippen molar-refractivity contribution in [2.75, 3.05) is 6.54 Å². The monoisotopic (exact) mass is 339 g/mol. The van der Waals surface area contributed by atoms with Crippen LogP contribution in [0.2, 0.25) is 0 Å². The van der Waals surface area contributed by atoms with Gasteiger partial charge in [0.1, 0.15) is 5.75 Å². The summed E-state index contributed by atoms with van der Waals surface area (Å²) < 4.78 is 28.5. The molecule has 0 aliphatic carbocycles. The lowest BCUT2D eigenvalue weighted by atomic mass is 10.2. The summed E-state index contributed by atoms with van der Waals surface area (Å²) in [6.45, 7) is 1.80. The molecule has 0 amide bonds. The molecule has 1 aromatic carbocycles. The topological polar surface area (TPSA) is 150 Å². The van der Waals surface area contributed by atoms with Gasteiger partial charge < -0.3 is 30.0 Å². The van der Waals surface area contributed by atoms with Crippen LogP contribution in [0.5, 0.6) is 5.75 Å². The van der Waals surface area contributed by atoms with E-state index in [0.29, 0.717) is 0 Å². The predicted molar refractivity (Wildman–Crippen MR) is 76.9 cm³/mol. The Kier molecular flexibility index (Phi) is 5.75. The summed E-state index contributed by atoms with van der Waals surface area (Å²) in [6, 6.07) is 5.97. The quantitative estimate of drug-likeness (QED) is 0.464. The lowest BCUT2D eigenvalue weighted by molar-refractivity contribution is 0.143. The maximum absolute atomic E-state index is 11.7. The second-order valence-electron chi connectivity index (χ2n) is 4.64. The van der Waals surface area contributed by atoms with Crippen LogP contribution >= 0.6 is 15.2 Å². The molecule has 0 bridgehead atoms. The SMILES string of the molecule is Cc1ccc(OC(CCCN)(P(=O)(O)O)P(=O)(O)O)cc1. The molecule has 1 rings (SSSR count). The first-order chi connectivity index (χ1) is 9.53. The Morgan fingerprint density at radius 3 is 1.95 bits per heavy atom. The maximum Gasteiger partial charge on any atom is 0.381 e. The zero-order valence-corrected chi connectivity index (χ0v) is 13.2. The number of aryl methyl sites for hydroxylation is 1. The molecule has 0 unspecified atom stereocenters. The highest BCUT2D eigenvalue weighted by atomic mass is 31.2. The highest BCUT2D eigenvalue weighted by Gasteiger charge is 2.62. The second kappa shape index (κ2) is 6.58. The third-order valence-corrected chi connectivity index (χ3v) is 6.93. The van der Waals surface area contributed by atoms with Crippen molar-refractivity contribution in [1.82, 2.24) is 0 Å². The number of benzene rings is 1. The van der Waals surface area contributed by atoms with Crippen molar-refractivity contribution in [3.8, 4) is 5.75 Å². The number of ether oxygens (including phenoxy) is 1. The number of nitrogens with two attached hydrogens (primary N) is 1. The van der Waals surface area contributed by atoms with Gasteiger partial charge in [0.25, 0.3) is 0 Å². The molecule has 6 N–H and O–H groups in total. The molecule has 8 nitrogen and oxygen atoms in total. The van der Waals surface area contributed by atoms with Crippen LogP contribution in [0.25, 0.3) is 0 Å². The van der Waals surface area contributed by atoms with Crippen LogP contribution in [0, 0.1) is 6.92 Å². The van der Waals surface area contributed by atoms with E-state index < -0.39 is 26.7 Å². The van der Waals surface area contributed by atoms with Crippen molar-refractivity contribution < 1.29 is 33.4 Å². The van der Waals surface area contributed by atoms with Crippen LogP contribution in [-0.2, 0) is 9.13 Å². The van der Waals surface area contributed by atoms with Gasteiger partial charge in [0.05, 0.1) is 0 Å². The zero-order chi connectivity index (χ0) is 16.3. The summed E-state index contributed by atoms with van der Waals surface area (Å²) in [5.74, 6) is -0.0377. The molecule has 0 radical (unpaired) electrons. The number of rotatable bonds is 7. The second-order valence-corrected chi connectivity index (χ2v) is 8.61. The molecule has 0 aliphatic heterocycles. The van der Waals surface area contributed by atoms with Gasteiger partial charge in [0.15, 0.2) is 0 Å². The Bertz CT molecular complexity index is 540. The standard InChI is InChI=1S/C11H19NO7P2/c1-9-3-5-10(6-4-9)19-11(7-2-8-12,20(13,14)15)21(16,17)18/h3-6H,2,7-8,12H2,1H3,(H2,13,14,15)(H2,16,17,18). The number of hydrogen-bond acceptors (Lipinski definition) is 4. The van der Waals surface area contributed by atoms with E-state index in [4.69, 9.17) is 10.5 Å². The maximum atomic E-state index is 11.7. The minimum absolute atomic E-state index is 0.0118. The molecule has 0 atom stereocenters. The third-order valence-electron chi connectivity index (χ3n) is 2.92. The highest BCUT2D eigenvalue weighted by molar-refractivity contribution is 7.72. The fraction of sp³-hybridized carbons (Fsp3) is 0.455. The van der Waals surface area contributed by atoms with Gasteiger partial charge >= 0.3 is 20.3 Å². The van der Waals surface area contributed by atoms with E-state index in [2.05, 4.69) is 0 Å². The van der Waals surface area contributed by atoms with Crippen LogP contribution in [0.1, 0.15) is 18.4 Å². The molecule has 0 fully saturated rings. The van der Waals surface area contributed by atoms with Gasteiger partial charge in [-0.1, -0.05) is 17.7 Å². The third kappa shape index (κ3) is 4.14. The van der Waals surface area contributed by atoms with E-state index in [-0.39, 0.29) is 18.7 Å². The van der Waals surface area contributed by atoms with E-state index in [1.807, 2.05) is 0 Å². The van der Waals surface area contributed by atoms with Crippen molar-refractivity contribution in [2.45, 2.75) is 24.8 Å². The van der Waals surface area contributed by atoms with Crippen molar-refractivity contribution in [3.63, 3.8) is 0 Å². The molecule has 120 valence electrons. The lowest BCUT2D eigenvalue weighted by Gasteiger charge is -2.34. The number of hydrogen-bond donors (Lipinski definition) is 5. The fourth-order valence-corrected chi connectivity index (χ4v) is 4.46. The van der Waals surface area contributed by atoms with Gasteiger partial charge in [-0.25, -0.2) is 0 Å². The van der Waals surface area contributed by atoms with Crippen LogP contribution < -0.4 is 10.5 Å². The van der Waals surface area contributed by atoms with Crippen molar-refractivity contribution in [3.05, 3.63) is 29.8 Å². The minimum atomic E-state index is -5.28. The van der Waals surface area contributed by atoms with Crippen molar-refractivity contribution in [1.29, 1.82) is 0 Å². The summed E-state index contributed by atoms with van der Waals surface area (Å²) in [7, 11) is -10.6. The van der Waals surface area contributed by atoms with Gasteiger partial charge in [0, 0.05) is 6.42 Å². The van der Waals surface area contributed by atoms with E-state index in [1.54, 1.807) is 19.1 Å². The zero-order valence-electron chi connectivity index (χ0n) is 11.4. The van der Waals surface area contributed by atoms with Crippen LogP contribution in [0.15, 0.2) is 24.3 Å². The molecule has 0 saturated carbocycles. The Morgan fingerprint density at radius 2 is 1.57 bits per heavy atom.